The molecule has 0 saturated heterocycles. The van der Waals surface area contributed by atoms with E-state index in [9.17, 15) is 19.7 Å². The predicted octanol–water partition coefficient (Wildman–Crippen LogP) is 2.64. The van der Waals surface area contributed by atoms with Crippen molar-refractivity contribution in [3.8, 4) is 5.75 Å². The summed E-state index contributed by atoms with van der Waals surface area (Å²) in [7, 11) is 1.42. The summed E-state index contributed by atoms with van der Waals surface area (Å²) < 4.78 is 5.17. The zero-order valence-corrected chi connectivity index (χ0v) is 17.1. The summed E-state index contributed by atoms with van der Waals surface area (Å²) >= 11 is 1.57. The molecule has 0 atom stereocenters. The van der Waals surface area contributed by atoms with Crippen molar-refractivity contribution in [2.75, 3.05) is 7.11 Å². The van der Waals surface area contributed by atoms with E-state index in [0.717, 1.165) is 29.7 Å². The van der Waals surface area contributed by atoms with Gasteiger partial charge in [0, 0.05) is 35.9 Å². The zero-order chi connectivity index (χ0) is 21.3. The number of ether oxygens (including phenoxy) is 1. The van der Waals surface area contributed by atoms with Gasteiger partial charge in [-0.25, -0.2) is 4.98 Å². The van der Waals surface area contributed by atoms with Crippen LogP contribution >= 0.6 is 11.3 Å². The number of hydrogen-bond acceptors (Lipinski definition) is 7. The lowest BCUT2D eigenvalue weighted by molar-refractivity contribution is -0.384. The van der Waals surface area contributed by atoms with Crippen molar-refractivity contribution in [2.24, 2.45) is 0 Å². The standard InChI is InChI=1S/C20H20N4O5S/c1-29-14-9-12(24(27)28)6-5-11(14)10-21-17(25)8-7-16-22-19(26)18-13-3-2-4-15(13)30-20(18)23-16/h5-6,9H,2-4,7-8,10H2,1H3,(H,21,25)(H,22,23,26). The number of nitrogens with zero attached hydrogens (tertiary/aromatic N) is 2. The fraction of sp³-hybridized carbons (Fsp3) is 0.350. The van der Waals surface area contributed by atoms with Gasteiger partial charge in [0.1, 0.15) is 16.4 Å². The molecule has 1 aliphatic carbocycles. The topological polar surface area (TPSA) is 127 Å². The van der Waals surface area contributed by atoms with Crippen molar-refractivity contribution in [1.82, 2.24) is 15.3 Å². The molecule has 1 aromatic carbocycles. The average Bonchev–Trinajstić information content (AvgIpc) is 3.31. The van der Waals surface area contributed by atoms with Crippen molar-refractivity contribution in [1.29, 1.82) is 0 Å². The highest BCUT2D eigenvalue weighted by Crippen LogP contribution is 2.34. The number of carbonyl (C=O) groups excluding carboxylic acids is 1. The maximum Gasteiger partial charge on any atom is 0.273 e. The smallest absolute Gasteiger partial charge is 0.273 e. The quantitative estimate of drug-likeness (QED) is 0.440. The second kappa shape index (κ2) is 8.23. The first kappa shape index (κ1) is 20.0. The minimum absolute atomic E-state index is 0.0769. The number of benzene rings is 1. The Morgan fingerprint density at radius 2 is 2.23 bits per heavy atom. The molecule has 156 valence electrons. The molecular weight excluding hydrogens is 408 g/mol. The Kier molecular flexibility index (Phi) is 5.49. The van der Waals surface area contributed by atoms with Crippen LogP contribution < -0.4 is 15.6 Å². The molecule has 2 heterocycles. The number of nitro groups is 1. The van der Waals surface area contributed by atoms with E-state index in [0.29, 0.717) is 28.9 Å². The molecular formula is C20H20N4O5S. The van der Waals surface area contributed by atoms with E-state index in [1.54, 1.807) is 17.4 Å². The van der Waals surface area contributed by atoms with E-state index in [1.165, 1.54) is 24.1 Å². The van der Waals surface area contributed by atoms with E-state index in [-0.39, 0.29) is 30.1 Å². The number of fused-ring (bicyclic) bond motifs is 3. The molecule has 9 nitrogen and oxygen atoms in total. The fourth-order valence-corrected chi connectivity index (χ4v) is 4.95. The van der Waals surface area contributed by atoms with Crippen LogP contribution in [0.15, 0.2) is 23.0 Å². The van der Waals surface area contributed by atoms with Gasteiger partial charge >= 0.3 is 0 Å². The Morgan fingerprint density at radius 1 is 1.40 bits per heavy atom. The van der Waals surface area contributed by atoms with Gasteiger partial charge in [0.05, 0.1) is 23.5 Å². The number of methoxy groups -OCH3 is 1. The number of non-ortho nitro benzene ring substituents is 1. The number of thiophene rings is 1. The molecule has 0 aliphatic heterocycles. The second-order valence-corrected chi connectivity index (χ2v) is 8.16. The summed E-state index contributed by atoms with van der Waals surface area (Å²) in [4.78, 5) is 44.4. The van der Waals surface area contributed by atoms with E-state index in [2.05, 4.69) is 15.3 Å². The highest BCUT2D eigenvalue weighted by Gasteiger charge is 2.21. The molecule has 30 heavy (non-hydrogen) atoms. The number of aromatic amines is 1. The molecule has 0 bridgehead atoms. The third kappa shape index (κ3) is 3.90. The minimum Gasteiger partial charge on any atom is -0.496 e. The molecule has 1 aliphatic rings. The number of hydrogen-bond donors (Lipinski definition) is 2. The molecule has 0 fully saturated rings. The Morgan fingerprint density at radius 3 is 3.00 bits per heavy atom. The molecule has 0 spiro atoms. The molecule has 0 unspecified atom stereocenters. The minimum atomic E-state index is -0.502. The first-order chi connectivity index (χ1) is 14.5. The van der Waals surface area contributed by atoms with Crippen molar-refractivity contribution < 1.29 is 14.5 Å². The monoisotopic (exact) mass is 428 g/mol. The van der Waals surface area contributed by atoms with Crippen LogP contribution in [0.1, 0.15) is 34.7 Å². The Labute approximate surface area is 175 Å². The van der Waals surface area contributed by atoms with Crippen LogP contribution in [0.5, 0.6) is 5.75 Å². The maximum atomic E-state index is 12.5. The Balaban J connectivity index is 1.38. The number of nitrogens with one attached hydrogen (secondary N) is 2. The van der Waals surface area contributed by atoms with Crippen molar-refractivity contribution in [3.63, 3.8) is 0 Å². The van der Waals surface area contributed by atoms with Crippen LogP contribution in [0.25, 0.3) is 10.2 Å². The maximum absolute atomic E-state index is 12.5. The van der Waals surface area contributed by atoms with E-state index in [1.807, 2.05) is 0 Å². The second-order valence-electron chi connectivity index (χ2n) is 7.08. The molecule has 0 radical (unpaired) electrons. The highest BCUT2D eigenvalue weighted by atomic mass is 32.1. The molecule has 3 aromatic rings. The van der Waals surface area contributed by atoms with Crippen LogP contribution in [-0.2, 0) is 30.6 Å². The SMILES string of the molecule is COc1cc([N+](=O)[O-])ccc1CNC(=O)CCc1nc2sc3c(c2c(=O)[nH]1)CCC3. The van der Waals surface area contributed by atoms with Crippen LogP contribution in [0.2, 0.25) is 0 Å². The molecule has 2 aromatic heterocycles. The summed E-state index contributed by atoms with van der Waals surface area (Å²) in [5, 5.41) is 14.3. The molecule has 0 saturated carbocycles. The van der Waals surface area contributed by atoms with Gasteiger partial charge in [0.2, 0.25) is 5.91 Å². The van der Waals surface area contributed by atoms with Gasteiger partial charge in [-0.3, -0.25) is 19.7 Å². The van der Waals surface area contributed by atoms with E-state index in [4.69, 9.17) is 4.74 Å². The number of H-pyrrole nitrogens is 1. The Hall–Kier alpha value is -3.27. The molecule has 1 amide bonds. The summed E-state index contributed by atoms with van der Waals surface area (Å²) in [6, 6.07) is 4.25. The molecule has 2 N–H and O–H groups in total. The zero-order valence-electron chi connectivity index (χ0n) is 16.3. The average molecular weight is 428 g/mol. The third-order valence-corrected chi connectivity index (χ3v) is 6.36. The van der Waals surface area contributed by atoms with Crippen LogP contribution in [0.4, 0.5) is 5.69 Å². The van der Waals surface area contributed by atoms with Crippen molar-refractivity contribution in [3.05, 3.63) is 60.5 Å². The van der Waals surface area contributed by atoms with Crippen molar-refractivity contribution in [2.45, 2.75) is 38.6 Å². The van der Waals surface area contributed by atoms with Gasteiger partial charge in [-0.2, -0.15) is 0 Å². The van der Waals surface area contributed by atoms with E-state index < -0.39 is 4.92 Å². The van der Waals surface area contributed by atoms with Gasteiger partial charge in [-0.1, -0.05) is 0 Å². The van der Waals surface area contributed by atoms with E-state index >= 15 is 0 Å². The van der Waals surface area contributed by atoms with Gasteiger partial charge < -0.3 is 15.0 Å². The number of aromatic nitrogens is 2. The third-order valence-electron chi connectivity index (χ3n) is 5.17. The summed E-state index contributed by atoms with van der Waals surface area (Å²) in [5.74, 6) is 0.619. The number of rotatable bonds is 7. The summed E-state index contributed by atoms with van der Waals surface area (Å²) in [6.07, 6.45) is 3.48. The first-order valence-electron chi connectivity index (χ1n) is 9.57. The largest absolute Gasteiger partial charge is 0.496 e. The lowest BCUT2D eigenvalue weighted by Crippen LogP contribution is -2.24. The van der Waals surface area contributed by atoms with Gasteiger partial charge in [-0.05, 0) is 30.9 Å². The summed E-state index contributed by atoms with van der Waals surface area (Å²) in [5.41, 5.74) is 1.56. The first-order valence-corrected chi connectivity index (χ1v) is 10.4. The molecule has 4 rings (SSSR count). The number of aryl methyl sites for hydroxylation is 3. The van der Waals surface area contributed by atoms with Crippen LogP contribution in [0, 0.1) is 10.1 Å². The fourth-order valence-electron chi connectivity index (χ4n) is 3.67. The summed E-state index contributed by atoms with van der Waals surface area (Å²) in [6.45, 7) is 0.181. The number of amides is 1. The lowest BCUT2D eigenvalue weighted by Gasteiger charge is -2.09. The Bertz CT molecular complexity index is 1200. The highest BCUT2D eigenvalue weighted by molar-refractivity contribution is 7.18. The lowest BCUT2D eigenvalue weighted by atomic mass is 10.1. The predicted molar refractivity (Wildman–Crippen MR) is 112 cm³/mol. The number of nitro benzene ring substituents is 1. The number of carbonyl (C=O) groups is 1. The van der Waals surface area contributed by atoms with Gasteiger partial charge in [0.15, 0.2) is 0 Å². The van der Waals surface area contributed by atoms with Crippen molar-refractivity contribution >= 4 is 33.1 Å². The normalized spacial score (nSPS) is 12.7. The van der Waals surface area contributed by atoms with Gasteiger partial charge in [0.25, 0.3) is 11.2 Å². The van der Waals surface area contributed by atoms with Gasteiger partial charge in [-0.15, -0.1) is 11.3 Å². The van der Waals surface area contributed by atoms with Crippen LogP contribution in [-0.4, -0.2) is 27.9 Å². The molecule has 10 heteroatoms. The van der Waals surface area contributed by atoms with Crippen LogP contribution in [0.3, 0.4) is 0 Å².